The molecule has 2 aromatic heterocycles. The molecule has 6 rings (SSSR count). The van der Waals surface area contributed by atoms with Crippen LogP contribution in [-0.4, -0.2) is 4.98 Å². The summed E-state index contributed by atoms with van der Waals surface area (Å²) in [6.07, 6.45) is 1.68. The Morgan fingerprint density at radius 1 is 0.824 bits per heavy atom. The molecule has 0 fully saturated rings. The van der Waals surface area contributed by atoms with E-state index < -0.39 is 18.6 Å². The van der Waals surface area contributed by atoms with Crippen LogP contribution in [0.2, 0.25) is 0 Å². The van der Waals surface area contributed by atoms with E-state index in [1.54, 1.807) is 18.3 Å². The van der Waals surface area contributed by atoms with Crippen molar-refractivity contribution in [2.75, 3.05) is 0 Å². The van der Waals surface area contributed by atoms with Crippen molar-refractivity contribution in [3.05, 3.63) is 89.6 Å². The van der Waals surface area contributed by atoms with Crippen LogP contribution in [0.4, 0.5) is 0 Å². The first-order chi connectivity index (χ1) is 18.2. The molecule has 34 heavy (non-hydrogen) atoms. The number of pyridine rings is 1. The number of fused-ring (bicyclic) bond motifs is 6. The van der Waals surface area contributed by atoms with Gasteiger partial charge in [-0.25, -0.2) is 0 Å². The van der Waals surface area contributed by atoms with Crippen molar-refractivity contribution in [2.24, 2.45) is 0 Å². The average Bonchev–Trinajstić information content (AvgIpc) is 3.23. The third-order valence-electron chi connectivity index (χ3n) is 6.75. The summed E-state index contributed by atoms with van der Waals surface area (Å²) in [4.78, 5) is 4.57. The van der Waals surface area contributed by atoms with E-state index in [2.05, 4.69) is 17.1 Å². The lowest BCUT2D eigenvalue weighted by molar-refractivity contribution is 0.670. The fourth-order valence-electron chi connectivity index (χ4n) is 4.98. The number of benzene rings is 4. The van der Waals surface area contributed by atoms with E-state index in [4.69, 9.17) is 11.3 Å². The highest BCUT2D eigenvalue weighted by atomic mass is 16.3. The number of hydrogen-bond acceptors (Lipinski definition) is 2. The summed E-state index contributed by atoms with van der Waals surface area (Å²) in [6.45, 7) is 5.03. The summed E-state index contributed by atoms with van der Waals surface area (Å²) in [7, 11) is 0. The fourth-order valence-corrected chi connectivity index (χ4v) is 4.98. The van der Waals surface area contributed by atoms with Gasteiger partial charge < -0.3 is 4.42 Å². The molecule has 0 unspecified atom stereocenters. The van der Waals surface area contributed by atoms with Crippen LogP contribution in [0.25, 0.3) is 54.7 Å². The standard InChI is InChI=1S/C32H29NO/c1-18(2)21-12-13-33-29(15-21)24-11-10-20(5)31-28-16-26-23-9-7-6-8-22(23)14-25(19(3)4)27(26)17-30(28)34-32(24)31/h6-19H,1-5H3/i5D3,18D,19D. The van der Waals surface area contributed by atoms with Crippen LogP contribution < -0.4 is 0 Å². The summed E-state index contributed by atoms with van der Waals surface area (Å²) in [6, 6.07) is 21.2. The predicted octanol–water partition coefficient (Wildman–Crippen LogP) is 9.51. The quantitative estimate of drug-likeness (QED) is 0.252. The zero-order valence-corrected chi connectivity index (χ0v) is 19.8. The highest BCUT2D eigenvalue weighted by molar-refractivity contribution is 6.19. The maximum Gasteiger partial charge on any atom is 0.145 e. The van der Waals surface area contributed by atoms with Crippen molar-refractivity contribution in [3.63, 3.8) is 0 Å². The Morgan fingerprint density at radius 3 is 2.47 bits per heavy atom. The van der Waals surface area contributed by atoms with Crippen molar-refractivity contribution >= 4 is 43.5 Å². The summed E-state index contributed by atoms with van der Waals surface area (Å²) in [5, 5.41) is 5.19. The van der Waals surface area contributed by atoms with E-state index in [0.717, 1.165) is 32.7 Å². The molecule has 168 valence electrons. The zero-order valence-electron chi connectivity index (χ0n) is 24.8. The van der Waals surface area contributed by atoms with Crippen LogP contribution in [0.15, 0.2) is 77.3 Å². The molecule has 0 aliphatic heterocycles. The monoisotopic (exact) mass is 448 g/mol. The third-order valence-corrected chi connectivity index (χ3v) is 6.75. The van der Waals surface area contributed by atoms with Gasteiger partial charge in [0.25, 0.3) is 0 Å². The first-order valence-electron chi connectivity index (χ1n) is 14.1. The van der Waals surface area contributed by atoms with Gasteiger partial charge in [-0.2, -0.15) is 0 Å². The predicted molar refractivity (Wildman–Crippen MR) is 145 cm³/mol. The molecule has 0 radical (unpaired) electrons. The molecule has 2 heteroatoms. The molecule has 6 aromatic rings. The minimum absolute atomic E-state index is 0.220. The first-order valence-corrected chi connectivity index (χ1v) is 11.6. The highest BCUT2D eigenvalue weighted by Gasteiger charge is 2.18. The van der Waals surface area contributed by atoms with Crippen LogP contribution in [0.5, 0.6) is 0 Å². The molecule has 0 amide bonds. The molecular weight excluding hydrogens is 414 g/mol. The maximum absolute atomic E-state index is 8.85. The molecular formula is C32H29NO. The van der Waals surface area contributed by atoms with Crippen LogP contribution in [0.3, 0.4) is 0 Å². The van der Waals surface area contributed by atoms with Crippen molar-refractivity contribution in [3.8, 4) is 11.3 Å². The lowest BCUT2D eigenvalue weighted by atomic mass is 9.90. The van der Waals surface area contributed by atoms with Gasteiger partial charge in [-0.1, -0.05) is 64.1 Å². The average molecular weight is 449 g/mol. The Labute approximate surface area is 207 Å². The normalized spacial score (nSPS) is 15.4. The topological polar surface area (TPSA) is 26.0 Å². The second-order valence-electron chi connectivity index (χ2n) is 9.44. The van der Waals surface area contributed by atoms with Crippen molar-refractivity contribution < 1.29 is 11.3 Å². The molecule has 0 N–H and O–H groups in total. The van der Waals surface area contributed by atoms with Crippen molar-refractivity contribution in [1.82, 2.24) is 4.98 Å². The Bertz CT molecular complexity index is 1920. The molecule has 0 spiro atoms. The molecule has 0 atom stereocenters. The van der Waals surface area contributed by atoms with E-state index in [-0.39, 0.29) is 5.56 Å². The van der Waals surface area contributed by atoms with Gasteiger partial charge in [-0.3, -0.25) is 4.98 Å². The molecule has 0 saturated heterocycles. The fraction of sp³-hybridized carbons (Fsp3) is 0.219. The lowest BCUT2D eigenvalue weighted by Gasteiger charge is -2.13. The van der Waals surface area contributed by atoms with Gasteiger partial charge in [0.05, 0.1) is 5.69 Å². The van der Waals surface area contributed by atoms with E-state index in [1.807, 2.05) is 70.2 Å². The molecule has 0 aliphatic carbocycles. The molecule has 0 aliphatic rings. The minimum Gasteiger partial charge on any atom is -0.455 e. The smallest absolute Gasteiger partial charge is 0.145 e. The Hall–Kier alpha value is -3.65. The van der Waals surface area contributed by atoms with E-state index in [0.29, 0.717) is 33.2 Å². The second-order valence-corrected chi connectivity index (χ2v) is 9.44. The Morgan fingerprint density at radius 2 is 1.68 bits per heavy atom. The van der Waals surface area contributed by atoms with Gasteiger partial charge in [0.2, 0.25) is 0 Å². The number of rotatable bonds is 3. The van der Waals surface area contributed by atoms with Crippen LogP contribution in [0.1, 0.15) is 63.0 Å². The largest absolute Gasteiger partial charge is 0.455 e. The van der Waals surface area contributed by atoms with Gasteiger partial charge >= 0.3 is 0 Å². The summed E-state index contributed by atoms with van der Waals surface area (Å²) in [5.74, 6) is -1.67. The van der Waals surface area contributed by atoms with Crippen LogP contribution in [-0.2, 0) is 0 Å². The maximum atomic E-state index is 8.85. The number of aryl methyl sites for hydroxylation is 1. The van der Waals surface area contributed by atoms with Crippen molar-refractivity contribution in [2.45, 2.75) is 46.3 Å². The Kier molecular flexibility index (Phi) is 3.64. The second kappa shape index (κ2) is 7.70. The minimum atomic E-state index is -2.35. The van der Waals surface area contributed by atoms with Gasteiger partial charge in [-0.05, 0) is 87.2 Å². The van der Waals surface area contributed by atoms with Gasteiger partial charge in [0.1, 0.15) is 11.2 Å². The van der Waals surface area contributed by atoms with E-state index in [1.165, 1.54) is 0 Å². The first kappa shape index (κ1) is 16.1. The van der Waals surface area contributed by atoms with Crippen LogP contribution in [0, 0.1) is 6.85 Å². The van der Waals surface area contributed by atoms with Gasteiger partial charge in [0, 0.05) is 29.4 Å². The number of hydrogen-bond donors (Lipinski definition) is 0. The molecule has 0 bridgehead atoms. The van der Waals surface area contributed by atoms with Gasteiger partial charge in [-0.15, -0.1) is 0 Å². The lowest BCUT2D eigenvalue weighted by Crippen LogP contribution is -1.91. The molecule has 2 heterocycles. The number of aromatic nitrogens is 1. The van der Waals surface area contributed by atoms with Crippen LogP contribution >= 0.6 is 0 Å². The number of nitrogens with zero attached hydrogens (tertiary/aromatic N) is 1. The highest BCUT2D eigenvalue weighted by Crippen LogP contribution is 2.42. The molecule has 0 saturated carbocycles. The Balaban J connectivity index is 1.78. The molecule has 4 aromatic carbocycles. The summed E-state index contributed by atoms with van der Waals surface area (Å²) >= 11 is 0. The zero-order chi connectivity index (χ0) is 27.9. The van der Waals surface area contributed by atoms with Crippen molar-refractivity contribution in [1.29, 1.82) is 0 Å². The molecule has 2 nitrogen and oxygen atoms in total. The number of furan rings is 1. The third kappa shape index (κ3) is 3.13. The van der Waals surface area contributed by atoms with E-state index in [9.17, 15) is 0 Å². The van der Waals surface area contributed by atoms with Gasteiger partial charge in [0.15, 0.2) is 0 Å². The summed E-state index contributed by atoms with van der Waals surface area (Å²) in [5.41, 5.74) is 4.22. The van der Waals surface area contributed by atoms with E-state index >= 15 is 0 Å². The summed E-state index contributed by atoms with van der Waals surface area (Å²) < 4.78 is 48.7. The SMILES string of the molecule is [2H]C([2H])([2H])c1ccc(-c2cc(C([2H])(C)C)ccn2)c2oc3cc4c(C([2H])(C)C)cc5ccccc5c4cc3c12.